The van der Waals surface area contributed by atoms with E-state index >= 15 is 0 Å². The number of ether oxygens (including phenoxy) is 1. The minimum absolute atomic E-state index is 0.0521. The highest BCUT2D eigenvalue weighted by Gasteiger charge is 2.07. The smallest absolute Gasteiger partial charge is 0.300 e. The van der Waals surface area contributed by atoms with E-state index in [4.69, 9.17) is 4.74 Å². The fourth-order valence-electron chi connectivity index (χ4n) is 0.895. The van der Waals surface area contributed by atoms with Crippen LogP contribution in [0.3, 0.4) is 0 Å². The molecule has 0 N–H and O–H groups in total. The van der Waals surface area contributed by atoms with Crippen molar-refractivity contribution in [3.8, 4) is 0 Å². The van der Waals surface area contributed by atoms with Crippen molar-refractivity contribution in [1.82, 2.24) is 0 Å². The number of carbonyl (C=O) groups excluding carboxylic acids is 1. The molecule has 0 saturated carbocycles. The summed E-state index contributed by atoms with van der Waals surface area (Å²) in [5, 5.41) is 0. The number of rotatable bonds is 3. The van der Waals surface area contributed by atoms with Crippen molar-refractivity contribution >= 4 is 13.8 Å². The minimum Gasteiger partial charge on any atom is -0.461 e. The van der Waals surface area contributed by atoms with Gasteiger partial charge in [0.15, 0.2) is 0 Å². The Bertz CT molecular complexity index is 270. The highest BCUT2D eigenvalue weighted by molar-refractivity contribution is 6.22. The normalized spacial score (nSPS) is 12.1. The number of esters is 1. The van der Waals surface area contributed by atoms with E-state index in [2.05, 4.69) is 0 Å². The summed E-state index contributed by atoms with van der Waals surface area (Å²) >= 11 is 0. The molecule has 1 atom stereocenters. The summed E-state index contributed by atoms with van der Waals surface area (Å²) in [5.74, 6) is -0.201. The maximum atomic E-state index is 11.1. The van der Waals surface area contributed by atoms with Gasteiger partial charge in [-0.3, -0.25) is 4.79 Å². The average molecular weight is 176 g/mol. The minimum atomic E-state index is -0.149. The Balaban J connectivity index is 2.40. The zero-order valence-electron chi connectivity index (χ0n) is 7.99. The molecular formula is C10H13BO2. The highest BCUT2D eigenvalue weighted by Crippen LogP contribution is 2.04. The zero-order valence-corrected chi connectivity index (χ0v) is 7.99. The first-order valence-corrected chi connectivity index (χ1v) is 4.40. The van der Waals surface area contributed by atoms with Crippen LogP contribution in [0.5, 0.6) is 0 Å². The van der Waals surface area contributed by atoms with E-state index in [9.17, 15) is 4.79 Å². The largest absolute Gasteiger partial charge is 0.461 e. The first-order valence-electron chi connectivity index (χ1n) is 4.40. The Labute approximate surface area is 79.3 Å². The molecule has 0 radical (unpaired) electrons. The Kier molecular flexibility index (Phi) is 3.56. The number of hydrogen-bond acceptors (Lipinski definition) is 2. The second-order valence-electron chi connectivity index (χ2n) is 3.25. The zero-order chi connectivity index (χ0) is 9.68. The molecule has 0 unspecified atom stereocenters. The van der Waals surface area contributed by atoms with E-state index in [0.29, 0.717) is 6.61 Å². The summed E-state index contributed by atoms with van der Waals surface area (Å²) < 4.78 is 5.05. The first-order chi connectivity index (χ1) is 6.20. The molecule has 0 aromatic heterocycles. The van der Waals surface area contributed by atoms with Gasteiger partial charge in [0.05, 0.1) is 0 Å². The van der Waals surface area contributed by atoms with E-state index in [1.165, 1.54) is 0 Å². The fourth-order valence-corrected chi connectivity index (χ4v) is 0.895. The fraction of sp³-hybridized carbons (Fsp3) is 0.300. The molecule has 68 valence electrons. The van der Waals surface area contributed by atoms with Gasteiger partial charge in [-0.25, -0.2) is 0 Å². The molecule has 1 rings (SSSR count). The summed E-state index contributed by atoms with van der Waals surface area (Å²) in [6, 6.07) is 9.67. The quantitative estimate of drug-likeness (QED) is 0.510. The van der Waals surface area contributed by atoms with E-state index in [1.54, 1.807) is 0 Å². The van der Waals surface area contributed by atoms with Crippen LogP contribution < -0.4 is 0 Å². The molecule has 0 amide bonds. The highest BCUT2D eigenvalue weighted by atomic mass is 16.5. The van der Waals surface area contributed by atoms with Gasteiger partial charge < -0.3 is 4.74 Å². The lowest BCUT2D eigenvalue weighted by molar-refractivity contribution is -0.144. The van der Waals surface area contributed by atoms with Crippen molar-refractivity contribution in [2.24, 2.45) is 0 Å². The standard InChI is InChI=1S/C10H13BO2/c1-8(11)10(12)13-7-9-5-3-2-4-6-9/h2-6,8H,7,11H2,1H3/t8-/m0/s1. The molecule has 13 heavy (non-hydrogen) atoms. The van der Waals surface area contributed by atoms with Gasteiger partial charge in [0.25, 0.3) is 0 Å². The molecule has 0 fully saturated rings. The summed E-state index contributed by atoms with van der Waals surface area (Å²) in [6.07, 6.45) is 0. The number of hydrogen-bond donors (Lipinski definition) is 0. The predicted octanol–water partition coefficient (Wildman–Crippen LogP) is 1.17. The van der Waals surface area contributed by atoms with Crippen LogP contribution in [-0.2, 0) is 16.1 Å². The Morgan fingerprint density at radius 2 is 2.08 bits per heavy atom. The van der Waals surface area contributed by atoms with E-state index in [1.807, 2.05) is 45.1 Å². The molecule has 1 aromatic carbocycles. The van der Waals surface area contributed by atoms with Crippen LogP contribution in [0.2, 0.25) is 5.82 Å². The van der Waals surface area contributed by atoms with Gasteiger partial charge >= 0.3 is 5.97 Å². The van der Waals surface area contributed by atoms with E-state index < -0.39 is 0 Å². The molecule has 0 saturated heterocycles. The maximum Gasteiger partial charge on any atom is 0.300 e. The number of benzene rings is 1. The third kappa shape index (κ3) is 3.32. The van der Waals surface area contributed by atoms with Crippen molar-refractivity contribution < 1.29 is 9.53 Å². The molecule has 0 aliphatic heterocycles. The molecule has 0 spiro atoms. The lowest BCUT2D eigenvalue weighted by atomic mass is 9.90. The van der Waals surface area contributed by atoms with Gasteiger partial charge in [-0.05, 0) is 5.56 Å². The third-order valence-electron chi connectivity index (χ3n) is 1.70. The Morgan fingerprint density at radius 1 is 1.46 bits per heavy atom. The van der Waals surface area contributed by atoms with Crippen molar-refractivity contribution in [2.75, 3.05) is 0 Å². The topological polar surface area (TPSA) is 26.3 Å². The second kappa shape index (κ2) is 4.70. The molecule has 0 bridgehead atoms. The number of carbonyl (C=O) groups is 1. The molecule has 0 aliphatic rings. The lowest BCUT2D eigenvalue weighted by Gasteiger charge is -2.06. The van der Waals surface area contributed by atoms with Gasteiger partial charge in [0.2, 0.25) is 0 Å². The monoisotopic (exact) mass is 176 g/mol. The van der Waals surface area contributed by atoms with Crippen LogP contribution in [0.1, 0.15) is 12.5 Å². The van der Waals surface area contributed by atoms with Gasteiger partial charge in [0.1, 0.15) is 14.5 Å². The van der Waals surface area contributed by atoms with Crippen molar-refractivity contribution in [2.45, 2.75) is 19.3 Å². The van der Waals surface area contributed by atoms with E-state index in [-0.39, 0.29) is 11.8 Å². The SMILES string of the molecule is B[C@@H](C)C(=O)OCc1ccccc1. The third-order valence-corrected chi connectivity index (χ3v) is 1.70. The molecule has 0 aliphatic carbocycles. The Morgan fingerprint density at radius 3 is 2.62 bits per heavy atom. The molecular weight excluding hydrogens is 163 g/mol. The van der Waals surface area contributed by atoms with Crippen LogP contribution in [0.15, 0.2) is 30.3 Å². The van der Waals surface area contributed by atoms with Crippen molar-refractivity contribution in [3.63, 3.8) is 0 Å². The van der Waals surface area contributed by atoms with Crippen LogP contribution in [0.25, 0.3) is 0 Å². The van der Waals surface area contributed by atoms with Crippen LogP contribution in [-0.4, -0.2) is 13.8 Å². The van der Waals surface area contributed by atoms with Gasteiger partial charge in [-0.1, -0.05) is 37.3 Å². The van der Waals surface area contributed by atoms with E-state index in [0.717, 1.165) is 5.56 Å². The summed E-state index contributed by atoms with van der Waals surface area (Å²) in [6.45, 7) is 2.20. The van der Waals surface area contributed by atoms with Gasteiger partial charge in [-0.15, -0.1) is 0 Å². The molecule has 3 heteroatoms. The summed E-state index contributed by atoms with van der Waals surface area (Å²) in [5.41, 5.74) is 1.02. The van der Waals surface area contributed by atoms with Crippen molar-refractivity contribution in [3.05, 3.63) is 35.9 Å². The maximum absolute atomic E-state index is 11.1. The average Bonchev–Trinajstić information content (AvgIpc) is 2.15. The predicted molar refractivity (Wildman–Crippen MR) is 54.2 cm³/mol. The Hall–Kier alpha value is -1.25. The molecule has 1 aromatic rings. The lowest BCUT2D eigenvalue weighted by Crippen LogP contribution is -2.09. The van der Waals surface area contributed by atoms with Crippen molar-refractivity contribution in [1.29, 1.82) is 0 Å². The second-order valence-corrected chi connectivity index (χ2v) is 3.25. The van der Waals surface area contributed by atoms with Gasteiger partial charge in [-0.2, -0.15) is 0 Å². The van der Waals surface area contributed by atoms with Crippen LogP contribution in [0, 0.1) is 0 Å². The summed E-state index contributed by atoms with van der Waals surface area (Å²) in [4.78, 5) is 11.1. The van der Waals surface area contributed by atoms with Crippen LogP contribution >= 0.6 is 0 Å². The first kappa shape index (κ1) is 9.84. The molecule has 0 heterocycles. The van der Waals surface area contributed by atoms with Crippen LogP contribution in [0.4, 0.5) is 0 Å². The van der Waals surface area contributed by atoms with Gasteiger partial charge in [0, 0.05) is 5.82 Å². The molecule has 2 nitrogen and oxygen atoms in total. The summed E-state index contributed by atoms with van der Waals surface area (Å²) in [7, 11) is 1.83.